The van der Waals surface area contributed by atoms with Gasteiger partial charge in [0, 0.05) is 24.5 Å². The van der Waals surface area contributed by atoms with Crippen molar-refractivity contribution in [2.75, 3.05) is 23.7 Å². The number of carbonyl (C=O) groups excluding carboxylic acids is 1. The van der Waals surface area contributed by atoms with Crippen LogP contribution in [0.1, 0.15) is 22.5 Å². The fourth-order valence-corrected chi connectivity index (χ4v) is 2.81. The van der Waals surface area contributed by atoms with Crippen LogP contribution in [-0.4, -0.2) is 39.1 Å². The van der Waals surface area contributed by atoms with Crippen LogP contribution >= 0.6 is 0 Å². The van der Waals surface area contributed by atoms with E-state index < -0.39 is 0 Å². The summed E-state index contributed by atoms with van der Waals surface area (Å²) in [4.78, 5) is 12.0. The lowest BCUT2D eigenvalue weighted by atomic mass is 10.1. The third-order valence-electron chi connectivity index (χ3n) is 4.45. The van der Waals surface area contributed by atoms with Crippen molar-refractivity contribution < 1.29 is 4.79 Å². The fourth-order valence-electron chi connectivity index (χ4n) is 2.81. The molecule has 0 fully saturated rings. The lowest BCUT2D eigenvalue weighted by molar-refractivity contribution is 0.252. The van der Waals surface area contributed by atoms with Crippen molar-refractivity contribution in [3.63, 3.8) is 0 Å². The molecule has 0 bridgehead atoms. The highest BCUT2D eigenvalue weighted by molar-refractivity contribution is 5.90. The largest absolute Gasteiger partial charge is 0.367 e. The molecule has 0 spiro atoms. The van der Waals surface area contributed by atoms with Gasteiger partial charge in [-0.05, 0) is 63.1 Å². The third kappa shape index (κ3) is 4.64. The molecule has 0 saturated heterocycles. The van der Waals surface area contributed by atoms with Gasteiger partial charge in [0.2, 0.25) is 0 Å². The van der Waals surface area contributed by atoms with Gasteiger partial charge >= 0.3 is 6.03 Å². The smallest absolute Gasteiger partial charge is 0.319 e. The predicted octanol–water partition coefficient (Wildman–Crippen LogP) is 3.13. The number of carbonyl (C=O) groups is 1. The lowest BCUT2D eigenvalue weighted by Crippen LogP contribution is -2.33. The summed E-state index contributed by atoms with van der Waals surface area (Å²) < 4.78 is 1.76. The fraction of sp³-hybridized carbons (Fsp3) is 0.300. The summed E-state index contributed by atoms with van der Waals surface area (Å²) in [5, 5.41) is 21.6. The number of aryl methyl sites for hydroxylation is 3. The summed E-state index contributed by atoms with van der Waals surface area (Å²) in [5.41, 5.74) is 4.96. The minimum absolute atomic E-state index is 0.235. The van der Waals surface area contributed by atoms with Crippen LogP contribution in [0, 0.1) is 27.7 Å². The van der Waals surface area contributed by atoms with E-state index in [0.29, 0.717) is 24.7 Å². The summed E-state index contributed by atoms with van der Waals surface area (Å²) in [6, 6.07) is 11.3. The second kappa shape index (κ2) is 8.51. The summed E-state index contributed by atoms with van der Waals surface area (Å²) in [6.45, 7) is 8.91. The van der Waals surface area contributed by atoms with Gasteiger partial charge in [0.05, 0.1) is 5.69 Å². The molecule has 0 unspecified atom stereocenters. The van der Waals surface area contributed by atoms with E-state index in [1.165, 1.54) is 0 Å². The molecule has 3 rings (SSSR count). The van der Waals surface area contributed by atoms with Crippen molar-refractivity contribution in [2.45, 2.75) is 27.7 Å². The Labute approximate surface area is 164 Å². The molecular weight excluding hydrogens is 354 g/mol. The highest BCUT2D eigenvalue weighted by Gasteiger charge is 2.07. The van der Waals surface area contributed by atoms with Crippen molar-refractivity contribution in [3.05, 3.63) is 58.9 Å². The molecule has 1 aromatic carbocycles. The van der Waals surface area contributed by atoms with E-state index in [-0.39, 0.29) is 6.03 Å². The number of urea groups is 1. The van der Waals surface area contributed by atoms with E-state index >= 15 is 0 Å². The first-order chi connectivity index (χ1) is 13.4. The molecule has 0 saturated carbocycles. The predicted molar refractivity (Wildman–Crippen MR) is 110 cm³/mol. The number of hydrogen-bond donors (Lipinski definition) is 3. The average Bonchev–Trinajstić information content (AvgIpc) is 3.01. The minimum Gasteiger partial charge on any atom is -0.367 e. The number of hydrogen-bond acceptors (Lipinski definition) is 5. The second-order valence-electron chi connectivity index (χ2n) is 6.67. The molecule has 0 atom stereocenters. The summed E-state index contributed by atoms with van der Waals surface area (Å²) >= 11 is 0. The highest BCUT2D eigenvalue weighted by atomic mass is 16.2. The Kier molecular flexibility index (Phi) is 5.88. The molecule has 2 heterocycles. The number of amides is 2. The average molecular weight is 379 g/mol. The van der Waals surface area contributed by atoms with Crippen LogP contribution in [0.25, 0.3) is 5.82 Å². The third-order valence-corrected chi connectivity index (χ3v) is 4.45. The summed E-state index contributed by atoms with van der Waals surface area (Å²) in [7, 11) is 0. The van der Waals surface area contributed by atoms with Crippen molar-refractivity contribution in [1.82, 2.24) is 25.3 Å². The molecule has 0 aliphatic heterocycles. The number of rotatable bonds is 6. The molecule has 0 aliphatic carbocycles. The van der Waals surface area contributed by atoms with Crippen molar-refractivity contribution in [2.24, 2.45) is 0 Å². The molecule has 0 radical (unpaired) electrons. The van der Waals surface area contributed by atoms with Crippen LogP contribution in [-0.2, 0) is 0 Å². The van der Waals surface area contributed by atoms with Gasteiger partial charge in [-0.2, -0.15) is 5.10 Å². The Balaban J connectivity index is 1.45. The summed E-state index contributed by atoms with van der Waals surface area (Å²) in [6.07, 6.45) is 0. The van der Waals surface area contributed by atoms with Crippen LogP contribution in [0.2, 0.25) is 0 Å². The Morgan fingerprint density at radius 1 is 1.04 bits per heavy atom. The maximum atomic E-state index is 12.0. The lowest BCUT2D eigenvalue weighted by Gasteiger charge is -2.12. The quantitative estimate of drug-likeness (QED) is 0.572. The van der Waals surface area contributed by atoms with Crippen molar-refractivity contribution in [3.8, 4) is 5.82 Å². The minimum atomic E-state index is -0.235. The maximum absolute atomic E-state index is 12.0. The Morgan fingerprint density at radius 3 is 2.54 bits per heavy atom. The molecule has 3 aromatic rings. The van der Waals surface area contributed by atoms with Crippen LogP contribution in [0.5, 0.6) is 0 Å². The van der Waals surface area contributed by atoms with Crippen LogP contribution in [0.4, 0.5) is 16.3 Å². The maximum Gasteiger partial charge on any atom is 0.319 e. The van der Waals surface area contributed by atoms with Gasteiger partial charge in [-0.25, -0.2) is 9.48 Å². The van der Waals surface area contributed by atoms with Crippen molar-refractivity contribution in [1.29, 1.82) is 0 Å². The van der Waals surface area contributed by atoms with E-state index in [0.717, 1.165) is 28.2 Å². The normalized spacial score (nSPS) is 10.6. The van der Waals surface area contributed by atoms with Gasteiger partial charge in [0.25, 0.3) is 0 Å². The monoisotopic (exact) mass is 379 g/mol. The number of nitrogens with zero attached hydrogens (tertiary/aromatic N) is 4. The van der Waals surface area contributed by atoms with Crippen LogP contribution < -0.4 is 16.0 Å². The topological polar surface area (TPSA) is 96.8 Å². The van der Waals surface area contributed by atoms with Crippen LogP contribution in [0.3, 0.4) is 0 Å². The van der Waals surface area contributed by atoms with E-state index in [1.54, 1.807) is 4.68 Å². The molecule has 3 N–H and O–H groups in total. The molecule has 8 nitrogen and oxygen atoms in total. The van der Waals surface area contributed by atoms with Gasteiger partial charge in [0.15, 0.2) is 5.82 Å². The van der Waals surface area contributed by atoms with E-state index in [1.807, 2.05) is 64.1 Å². The standard InChI is InChI=1S/C20H25N7O/c1-13-6-5-7-17(16(13)4)23-20(28)22-11-10-21-18-8-9-19(25-24-18)27-15(3)12-14(2)26-27/h5-9,12H,10-11H2,1-4H3,(H,21,24)(H2,22,23,28). The Bertz CT molecular complexity index is 963. The first kappa shape index (κ1) is 19.3. The van der Waals surface area contributed by atoms with E-state index in [2.05, 4.69) is 31.2 Å². The molecule has 2 amide bonds. The van der Waals surface area contributed by atoms with E-state index in [4.69, 9.17) is 0 Å². The molecule has 0 aliphatic rings. The zero-order valence-electron chi connectivity index (χ0n) is 16.6. The zero-order chi connectivity index (χ0) is 20.1. The first-order valence-corrected chi connectivity index (χ1v) is 9.16. The zero-order valence-corrected chi connectivity index (χ0v) is 16.6. The van der Waals surface area contributed by atoms with Crippen molar-refractivity contribution >= 4 is 17.5 Å². The molecule has 8 heteroatoms. The Hall–Kier alpha value is -3.42. The Morgan fingerprint density at radius 2 is 1.86 bits per heavy atom. The van der Waals surface area contributed by atoms with Gasteiger partial charge in [-0.1, -0.05) is 12.1 Å². The SMILES string of the molecule is Cc1cc(C)n(-c2ccc(NCCNC(=O)Nc3cccc(C)c3C)nn2)n1. The van der Waals surface area contributed by atoms with E-state index in [9.17, 15) is 4.79 Å². The first-order valence-electron chi connectivity index (χ1n) is 9.16. The van der Waals surface area contributed by atoms with Gasteiger partial charge in [0.1, 0.15) is 5.82 Å². The highest BCUT2D eigenvalue weighted by Crippen LogP contribution is 2.17. The second-order valence-corrected chi connectivity index (χ2v) is 6.67. The molecule has 28 heavy (non-hydrogen) atoms. The molecular formula is C20H25N7O. The summed E-state index contributed by atoms with van der Waals surface area (Å²) in [5.74, 6) is 1.31. The number of nitrogens with one attached hydrogen (secondary N) is 3. The van der Waals surface area contributed by atoms with Crippen LogP contribution in [0.15, 0.2) is 36.4 Å². The van der Waals surface area contributed by atoms with Gasteiger partial charge < -0.3 is 16.0 Å². The molecule has 2 aromatic heterocycles. The van der Waals surface area contributed by atoms with Gasteiger partial charge in [-0.15, -0.1) is 10.2 Å². The molecule has 146 valence electrons. The number of aromatic nitrogens is 4. The number of anilines is 2. The van der Waals surface area contributed by atoms with Gasteiger partial charge in [-0.3, -0.25) is 0 Å². The number of benzene rings is 1.